The van der Waals surface area contributed by atoms with Crippen LogP contribution in [0.25, 0.3) is 0 Å². The van der Waals surface area contributed by atoms with Crippen molar-refractivity contribution >= 4 is 23.1 Å². The van der Waals surface area contributed by atoms with Crippen molar-refractivity contribution in [2.75, 3.05) is 17.7 Å². The van der Waals surface area contributed by atoms with E-state index in [1.54, 1.807) is 25.3 Å². The van der Waals surface area contributed by atoms with E-state index in [0.29, 0.717) is 23.0 Å². The van der Waals surface area contributed by atoms with Crippen LogP contribution in [0.5, 0.6) is 5.75 Å². The monoisotopic (exact) mass is 318 g/mol. The standard InChI is InChI=1S/C17H14N6O/c1-24-14-8-6-13(7-9-14)20-16-11-19-23-17(22-16)21-15-5-3-2-4-12(15)10-18/h2-9,11H,1H3,(H2,20,21,22,23). The Morgan fingerprint density at radius 1 is 1.04 bits per heavy atom. The summed E-state index contributed by atoms with van der Waals surface area (Å²) in [7, 11) is 1.62. The lowest BCUT2D eigenvalue weighted by Crippen LogP contribution is -2.03. The molecule has 0 amide bonds. The summed E-state index contributed by atoms with van der Waals surface area (Å²) in [5.41, 5.74) is 1.98. The number of rotatable bonds is 5. The predicted molar refractivity (Wildman–Crippen MR) is 90.5 cm³/mol. The molecule has 1 heterocycles. The molecule has 2 N–H and O–H groups in total. The molecule has 24 heavy (non-hydrogen) atoms. The molecule has 0 aliphatic carbocycles. The summed E-state index contributed by atoms with van der Waals surface area (Å²) in [6.07, 6.45) is 1.52. The summed E-state index contributed by atoms with van der Waals surface area (Å²) < 4.78 is 5.12. The van der Waals surface area contributed by atoms with E-state index in [2.05, 4.69) is 31.9 Å². The topological polar surface area (TPSA) is 95.8 Å². The van der Waals surface area contributed by atoms with Crippen molar-refractivity contribution in [2.45, 2.75) is 0 Å². The van der Waals surface area contributed by atoms with Crippen LogP contribution < -0.4 is 15.4 Å². The van der Waals surface area contributed by atoms with Gasteiger partial charge in [-0.2, -0.15) is 15.3 Å². The normalized spacial score (nSPS) is 9.83. The fraction of sp³-hybridized carbons (Fsp3) is 0.0588. The van der Waals surface area contributed by atoms with Crippen molar-refractivity contribution in [3.8, 4) is 11.8 Å². The van der Waals surface area contributed by atoms with Gasteiger partial charge in [-0.1, -0.05) is 12.1 Å². The summed E-state index contributed by atoms with van der Waals surface area (Å²) in [4.78, 5) is 4.34. The average Bonchev–Trinajstić information content (AvgIpc) is 2.63. The summed E-state index contributed by atoms with van der Waals surface area (Å²) in [6, 6.07) is 16.7. The minimum atomic E-state index is 0.302. The SMILES string of the molecule is COc1ccc(Nc2cnnc(Nc3ccccc3C#N)n2)cc1. The third kappa shape index (κ3) is 3.56. The first-order valence-electron chi connectivity index (χ1n) is 7.15. The van der Waals surface area contributed by atoms with E-state index in [-0.39, 0.29) is 0 Å². The number of nitrogens with zero attached hydrogens (tertiary/aromatic N) is 4. The average molecular weight is 318 g/mol. The quantitative estimate of drug-likeness (QED) is 0.745. The second-order valence-corrected chi connectivity index (χ2v) is 4.80. The van der Waals surface area contributed by atoms with Crippen LogP contribution in [0.1, 0.15) is 5.56 Å². The van der Waals surface area contributed by atoms with Crippen molar-refractivity contribution in [2.24, 2.45) is 0 Å². The number of para-hydroxylation sites is 1. The first kappa shape index (κ1) is 15.2. The second-order valence-electron chi connectivity index (χ2n) is 4.80. The molecule has 3 rings (SSSR count). The molecule has 7 heteroatoms. The smallest absolute Gasteiger partial charge is 0.249 e. The molecule has 0 bridgehead atoms. The van der Waals surface area contributed by atoms with E-state index in [1.807, 2.05) is 30.3 Å². The van der Waals surface area contributed by atoms with Crippen molar-refractivity contribution in [3.05, 3.63) is 60.3 Å². The zero-order chi connectivity index (χ0) is 16.8. The number of nitriles is 1. The highest BCUT2D eigenvalue weighted by Crippen LogP contribution is 2.20. The van der Waals surface area contributed by atoms with Crippen LogP contribution in [-0.4, -0.2) is 22.3 Å². The maximum Gasteiger partial charge on any atom is 0.249 e. The Kier molecular flexibility index (Phi) is 4.49. The minimum Gasteiger partial charge on any atom is -0.497 e. The van der Waals surface area contributed by atoms with Crippen LogP contribution in [0, 0.1) is 11.3 Å². The summed E-state index contributed by atoms with van der Waals surface area (Å²) >= 11 is 0. The molecular weight excluding hydrogens is 304 g/mol. The van der Waals surface area contributed by atoms with E-state index in [0.717, 1.165) is 11.4 Å². The second kappa shape index (κ2) is 7.07. The maximum absolute atomic E-state index is 9.12. The number of methoxy groups -OCH3 is 1. The highest BCUT2D eigenvalue weighted by Gasteiger charge is 2.05. The Labute approximate surface area is 139 Å². The van der Waals surface area contributed by atoms with Crippen molar-refractivity contribution < 1.29 is 4.74 Å². The number of aromatic nitrogens is 3. The Morgan fingerprint density at radius 2 is 1.83 bits per heavy atom. The Balaban J connectivity index is 1.77. The van der Waals surface area contributed by atoms with Crippen LogP contribution in [0.15, 0.2) is 54.7 Å². The van der Waals surface area contributed by atoms with Crippen molar-refractivity contribution in [1.29, 1.82) is 5.26 Å². The molecule has 0 unspecified atom stereocenters. The molecule has 0 aliphatic heterocycles. The van der Waals surface area contributed by atoms with Gasteiger partial charge in [0.25, 0.3) is 0 Å². The number of ether oxygens (including phenoxy) is 1. The first-order chi connectivity index (χ1) is 11.8. The third-order valence-electron chi connectivity index (χ3n) is 3.22. The number of anilines is 4. The molecule has 1 aromatic heterocycles. The molecule has 0 atom stereocenters. The Bertz CT molecular complexity index is 873. The van der Waals surface area contributed by atoms with Gasteiger partial charge in [0, 0.05) is 5.69 Å². The lowest BCUT2D eigenvalue weighted by atomic mass is 10.2. The molecule has 0 saturated carbocycles. The van der Waals surface area contributed by atoms with E-state index < -0.39 is 0 Å². The van der Waals surface area contributed by atoms with Crippen LogP contribution in [-0.2, 0) is 0 Å². The lowest BCUT2D eigenvalue weighted by Gasteiger charge is -2.09. The fourth-order valence-corrected chi connectivity index (χ4v) is 2.05. The van der Waals surface area contributed by atoms with Gasteiger partial charge >= 0.3 is 0 Å². The van der Waals surface area contributed by atoms with Gasteiger partial charge in [-0.3, -0.25) is 0 Å². The molecule has 7 nitrogen and oxygen atoms in total. The highest BCUT2D eigenvalue weighted by atomic mass is 16.5. The van der Waals surface area contributed by atoms with Crippen LogP contribution >= 0.6 is 0 Å². The van der Waals surface area contributed by atoms with Gasteiger partial charge in [0.15, 0.2) is 5.82 Å². The zero-order valence-corrected chi connectivity index (χ0v) is 12.9. The number of hydrogen-bond acceptors (Lipinski definition) is 7. The molecule has 118 valence electrons. The molecule has 3 aromatic rings. The first-order valence-corrected chi connectivity index (χ1v) is 7.15. The number of benzene rings is 2. The van der Waals surface area contributed by atoms with Gasteiger partial charge in [0.05, 0.1) is 24.6 Å². The van der Waals surface area contributed by atoms with Gasteiger partial charge in [-0.15, -0.1) is 5.10 Å². The van der Waals surface area contributed by atoms with E-state index in [9.17, 15) is 0 Å². The van der Waals surface area contributed by atoms with Crippen molar-refractivity contribution in [3.63, 3.8) is 0 Å². The molecule has 0 radical (unpaired) electrons. The number of hydrogen-bond donors (Lipinski definition) is 2. The van der Waals surface area contributed by atoms with Gasteiger partial charge in [0.1, 0.15) is 11.8 Å². The van der Waals surface area contributed by atoms with Crippen molar-refractivity contribution in [1.82, 2.24) is 15.2 Å². The minimum absolute atomic E-state index is 0.302. The van der Waals surface area contributed by atoms with Gasteiger partial charge < -0.3 is 15.4 Å². The lowest BCUT2D eigenvalue weighted by molar-refractivity contribution is 0.415. The molecular formula is C17H14N6O. The van der Waals surface area contributed by atoms with Gasteiger partial charge in [-0.05, 0) is 36.4 Å². The summed E-state index contributed by atoms with van der Waals surface area (Å²) in [5, 5.41) is 23.1. The molecule has 2 aromatic carbocycles. The number of nitrogens with one attached hydrogen (secondary N) is 2. The third-order valence-corrected chi connectivity index (χ3v) is 3.22. The van der Waals surface area contributed by atoms with Gasteiger partial charge in [-0.25, -0.2) is 0 Å². The van der Waals surface area contributed by atoms with E-state index >= 15 is 0 Å². The molecule has 0 aliphatic rings. The van der Waals surface area contributed by atoms with Crippen LogP contribution in [0.3, 0.4) is 0 Å². The molecule has 0 spiro atoms. The molecule has 0 saturated heterocycles. The maximum atomic E-state index is 9.12. The summed E-state index contributed by atoms with van der Waals surface area (Å²) in [6.45, 7) is 0. The summed E-state index contributed by atoms with van der Waals surface area (Å²) in [5.74, 6) is 1.61. The Hall–Kier alpha value is -3.66. The van der Waals surface area contributed by atoms with E-state index in [4.69, 9.17) is 10.00 Å². The van der Waals surface area contributed by atoms with Crippen LogP contribution in [0.2, 0.25) is 0 Å². The van der Waals surface area contributed by atoms with E-state index in [1.165, 1.54) is 6.20 Å². The zero-order valence-electron chi connectivity index (χ0n) is 12.9. The molecule has 0 fully saturated rings. The fourth-order valence-electron chi connectivity index (χ4n) is 2.05. The highest BCUT2D eigenvalue weighted by molar-refractivity contribution is 5.64. The van der Waals surface area contributed by atoms with Crippen LogP contribution in [0.4, 0.5) is 23.1 Å². The van der Waals surface area contributed by atoms with Gasteiger partial charge in [0.2, 0.25) is 5.95 Å². The largest absolute Gasteiger partial charge is 0.497 e. The predicted octanol–water partition coefficient (Wildman–Crippen LogP) is 3.24. The Morgan fingerprint density at radius 3 is 2.58 bits per heavy atom.